The Morgan fingerprint density at radius 1 is 1.21 bits per heavy atom. The van der Waals surface area contributed by atoms with Crippen LogP contribution in [0.25, 0.3) is 0 Å². The Hall–Kier alpha value is -2.31. The van der Waals surface area contributed by atoms with Crippen LogP contribution in [-0.2, 0) is 4.79 Å². The minimum Gasteiger partial charge on any atom is -0.484 e. The van der Waals surface area contributed by atoms with Gasteiger partial charge in [-0.15, -0.1) is 0 Å². The first-order valence-corrected chi connectivity index (χ1v) is 7.67. The number of halogens is 2. The number of benzene rings is 2. The molecule has 0 saturated heterocycles. The van der Waals surface area contributed by atoms with Gasteiger partial charge in [0.2, 0.25) is 0 Å². The maximum Gasteiger partial charge on any atom is 0.293 e. The van der Waals surface area contributed by atoms with Gasteiger partial charge in [0.15, 0.2) is 6.61 Å². The van der Waals surface area contributed by atoms with Crippen molar-refractivity contribution in [2.24, 2.45) is 0 Å². The number of nitrogens with zero attached hydrogens (tertiary/aromatic N) is 1. The Morgan fingerprint density at radius 2 is 1.92 bits per heavy atom. The van der Waals surface area contributed by atoms with Gasteiger partial charge in [0.25, 0.3) is 11.6 Å². The SMILES string of the molecule is Cc1ccc([N+](=O)[O-])c(NC(=O)COc2ccc(Cl)c(Cl)c2)c1C. The van der Waals surface area contributed by atoms with Crippen LogP contribution in [-0.4, -0.2) is 17.4 Å². The highest BCUT2D eigenvalue weighted by Gasteiger charge is 2.19. The lowest BCUT2D eigenvalue weighted by molar-refractivity contribution is -0.384. The van der Waals surface area contributed by atoms with E-state index in [0.29, 0.717) is 21.4 Å². The molecule has 2 aromatic carbocycles. The molecule has 0 aliphatic carbocycles. The number of nitrogens with one attached hydrogen (secondary N) is 1. The van der Waals surface area contributed by atoms with E-state index in [2.05, 4.69) is 5.32 Å². The van der Waals surface area contributed by atoms with Crippen molar-refractivity contribution in [1.29, 1.82) is 0 Å². The first-order chi connectivity index (χ1) is 11.3. The fourth-order valence-electron chi connectivity index (χ4n) is 2.00. The first kappa shape index (κ1) is 18.0. The molecule has 126 valence electrons. The van der Waals surface area contributed by atoms with Crippen molar-refractivity contribution < 1.29 is 14.5 Å². The van der Waals surface area contributed by atoms with E-state index in [1.54, 1.807) is 32.0 Å². The maximum atomic E-state index is 12.1. The van der Waals surface area contributed by atoms with E-state index in [4.69, 9.17) is 27.9 Å². The van der Waals surface area contributed by atoms with Gasteiger partial charge in [-0.3, -0.25) is 14.9 Å². The van der Waals surface area contributed by atoms with Crippen molar-refractivity contribution in [3.63, 3.8) is 0 Å². The van der Waals surface area contributed by atoms with E-state index in [0.717, 1.165) is 5.56 Å². The van der Waals surface area contributed by atoms with Crippen molar-refractivity contribution in [1.82, 2.24) is 0 Å². The van der Waals surface area contributed by atoms with Crippen molar-refractivity contribution in [2.45, 2.75) is 13.8 Å². The van der Waals surface area contributed by atoms with Gasteiger partial charge in [-0.1, -0.05) is 29.3 Å². The third kappa shape index (κ3) is 4.15. The predicted octanol–water partition coefficient (Wildman–Crippen LogP) is 4.54. The maximum absolute atomic E-state index is 12.1. The van der Waals surface area contributed by atoms with E-state index in [-0.39, 0.29) is 18.0 Å². The van der Waals surface area contributed by atoms with Crippen molar-refractivity contribution in [3.05, 3.63) is 61.6 Å². The minimum absolute atomic E-state index is 0.166. The van der Waals surface area contributed by atoms with E-state index in [1.807, 2.05) is 0 Å². The van der Waals surface area contributed by atoms with Crippen molar-refractivity contribution in [3.8, 4) is 5.75 Å². The summed E-state index contributed by atoms with van der Waals surface area (Å²) in [6.07, 6.45) is 0. The van der Waals surface area contributed by atoms with Gasteiger partial charge in [0.05, 0.1) is 15.0 Å². The molecule has 0 aliphatic heterocycles. The normalized spacial score (nSPS) is 10.3. The summed E-state index contributed by atoms with van der Waals surface area (Å²) in [5, 5.41) is 14.3. The van der Waals surface area contributed by atoms with Gasteiger partial charge < -0.3 is 10.1 Å². The Kier molecular flexibility index (Phi) is 5.64. The number of hydrogen-bond acceptors (Lipinski definition) is 4. The molecule has 0 unspecified atom stereocenters. The number of ether oxygens (including phenoxy) is 1. The molecule has 2 rings (SSSR count). The van der Waals surface area contributed by atoms with Crippen LogP contribution in [0.2, 0.25) is 10.0 Å². The average molecular weight is 369 g/mol. The summed E-state index contributed by atoms with van der Waals surface area (Å²) in [6, 6.07) is 7.60. The van der Waals surface area contributed by atoms with Gasteiger partial charge >= 0.3 is 0 Å². The highest BCUT2D eigenvalue weighted by Crippen LogP contribution is 2.30. The molecule has 0 heterocycles. The molecule has 0 aliphatic rings. The van der Waals surface area contributed by atoms with Crippen LogP contribution in [0.3, 0.4) is 0 Å². The molecule has 0 fully saturated rings. The highest BCUT2D eigenvalue weighted by molar-refractivity contribution is 6.42. The molecule has 0 aromatic heterocycles. The number of nitro benzene ring substituents is 1. The minimum atomic E-state index is -0.540. The zero-order valence-corrected chi connectivity index (χ0v) is 14.4. The Bertz CT molecular complexity index is 809. The van der Waals surface area contributed by atoms with Gasteiger partial charge in [-0.2, -0.15) is 0 Å². The summed E-state index contributed by atoms with van der Waals surface area (Å²) < 4.78 is 5.32. The van der Waals surface area contributed by atoms with Crippen LogP contribution in [0.5, 0.6) is 5.75 Å². The van der Waals surface area contributed by atoms with Gasteiger partial charge in [-0.05, 0) is 37.1 Å². The third-order valence-electron chi connectivity index (χ3n) is 3.44. The smallest absolute Gasteiger partial charge is 0.293 e. The number of rotatable bonds is 5. The van der Waals surface area contributed by atoms with Crippen molar-refractivity contribution in [2.75, 3.05) is 11.9 Å². The second-order valence-corrected chi connectivity index (χ2v) is 5.89. The quantitative estimate of drug-likeness (QED) is 0.620. The second-order valence-electron chi connectivity index (χ2n) is 5.07. The largest absolute Gasteiger partial charge is 0.484 e. The lowest BCUT2D eigenvalue weighted by Gasteiger charge is -2.12. The summed E-state index contributed by atoms with van der Waals surface area (Å²) in [4.78, 5) is 22.6. The number of carbonyl (C=O) groups is 1. The second kappa shape index (κ2) is 7.51. The first-order valence-electron chi connectivity index (χ1n) is 6.92. The van der Waals surface area contributed by atoms with E-state index in [9.17, 15) is 14.9 Å². The molecule has 6 nitrogen and oxygen atoms in total. The Labute approximate surface area is 148 Å². The van der Waals surface area contributed by atoms with E-state index < -0.39 is 10.8 Å². The molecular formula is C16H14Cl2N2O4. The number of hydrogen-bond donors (Lipinski definition) is 1. The number of carbonyl (C=O) groups excluding carboxylic acids is 1. The Balaban J connectivity index is 2.11. The van der Waals surface area contributed by atoms with Gasteiger partial charge in [0.1, 0.15) is 11.4 Å². The Morgan fingerprint density at radius 3 is 2.54 bits per heavy atom. The van der Waals surface area contributed by atoms with Crippen LogP contribution in [0.4, 0.5) is 11.4 Å². The lowest BCUT2D eigenvalue weighted by atomic mass is 10.1. The molecule has 0 saturated carbocycles. The number of nitro groups is 1. The zero-order chi connectivity index (χ0) is 17.9. The fraction of sp³-hybridized carbons (Fsp3) is 0.188. The summed E-state index contributed by atoms with van der Waals surface area (Å²) >= 11 is 11.7. The molecule has 2 aromatic rings. The van der Waals surface area contributed by atoms with Gasteiger partial charge in [-0.25, -0.2) is 0 Å². The lowest BCUT2D eigenvalue weighted by Crippen LogP contribution is -2.21. The summed E-state index contributed by atoms with van der Waals surface area (Å²) in [7, 11) is 0. The molecule has 8 heteroatoms. The summed E-state index contributed by atoms with van der Waals surface area (Å²) in [5.41, 5.74) is 1.47. The zero-order valence-electron chi connectivity index (χ0n) is 12.9. The molecule has 0 spiro atoms. The third-order valence-corrected chi connectivity index (χ3v) is 4.17. The van der Waals surface area contributed by atoms with Crippen LogP contribution >= 0.6 is 23.2 Å². The molecule has 1 amide bonds. The van der Waals surface area contributed by atoms with Crippen LogP contribution in [0, 0.1) is 24.0 Å². The molecule has 24 heavy (non-hydrogen) atoms. The van der Waals surface area contributed by atoms with E-state index >= 15 is 0 Å². The fourth-order valence-corrected chi connectivity index (χ4v) is 2.29. The summed E-state index contributed by atoms with van der Waals surface area (Å²) in [5.74, 6) is -0.145. The van der Waals surface area contributed by atoms with E-state index in [1.165, 1.54) is 12.1 Å². The number of aryl methyl sites for hydroxylation is 1. The highest BCUT2D eigenvalue weighted by atomic mass is 35.5. The average Bonchev–Trinajstić information content (AvgIpc) is 2.53. The predicted molar refractivity (Wildman–Crippen MR) is 93.2 cm³/mol. The van der Waals surface area contributed by atoms with Gasteiger partial charge in [0, 0.05) is 12.1 Å². The molecular weight excluding hydrogens is 355 g/mol. The van der Waals surface area contributed by atoms with Crippen LogP contribution in [0.1, 0.15) is 11.1 Å². The number of anilines is 1. The van der Waals surface area contributed by atoms with Crippen LogP contribution < -0.4 is 10.1 Å². The topological polar surface area (TPSA) is 81.5 Å². The molecule has 0 radical (unpaired) electrons. The molecule has 0 atom stereocenters. The molecule has 1 N–H and O–H groups in total. The number of amides is 1. The molecule has 0 bridgehead atoms. The van der Waals surface area contributed by atoms with Crippen molar-refractivity contribution >= 4 is 40.5 Å². The van der Waals surface area contributed by atoms with Crippen LogP contribution in [0.15, 0.2) is 30.3 Å². The summed E-state index contributed by atoms with van der Waals surface area (Å²) in [6.45, 7) is 3.20. The standard InChI is InChI=1S/C16H14Cl2N2O4/c1-9-3-6-14(20(22)23)16(10(9)2)19-15(21)8-24-11-4-5-12(17)13(18)7-11/h3-7H,8H2,1-2H3,(H,19,21). The monoisotopic (exact) mass is 368 g/mol.